The third-order valence-electron chi connectivity index (χ3n) is 4.02. The van der Waals surface area contributed by atoms with Gasteiger partial charge in [0.05, 0.1) is 11.9 Å². The van der Waals surface area contributed by atoms with Gasteiger partial charge in [-0.15, -0.1) is 0 Å². The van der Waals surface area contributed by atoms with Crippen LogP contribution < -0.4 is 5.32 Å². The van der Waals surface area contributed by atoms with Crippen LogP contribution in [0.15, 0.2) is 12.4 Å². The lowest BCUT2D eigenvalue weighted by Gasteiger charge is -2.34. The van der Waals surface area contributed by atoms with E-state index in [1.54, 1.807) is 0 Å². The van der Waals surface area contributed by atoms with Crippen molar-refractivity contribution in [2.24, 2.45) is 11.8 Å². The molecule has 1 saturated carbocycles. The van der Waals surface area contributed by atoms with E-state index in [0.29, 0.717) is 6.04 Å². The van der Waals surface area contributed by atoms with Gasteiger partial charge in [-0.25, -0.2) is 0 Å². The zero-order chi connectivity index (χ0) is 11.5. The average Bonchev–Trinajstić information content (AvgIpc) is 2.73. The summed E-state index contributed by atoms with van der Waals surface area (Å²) in [5.41, 5.74) is 1.17. The van der Waals surface area contributed by atoms with Crippen molar-refractivity contribution in [2.75, 3.05) is 5.32 Å². The van der Waals surface area contributed by atoms with E-state index in [1.807, 2.05) is 10.9 Å². The molecule has 3 atom stereocenters. The van der Waals surface area contributed by atoms with Gasteiger partial charge in [-0.1, -0.05) is 26.7 Å². The normalized spacial score (nSPS) is 30.3. The summed E-state index contributed by atoms with van der Waals surface area (Å²) in [6, 6.07) is 0.623. The molecule has 1 N–H and O–H groups in total. The van der Waals surface area contributed by atoms with Crippen LogP contribution in [0.1, 0.15) is 40.0 Å². The van der Waals surface area contributed by atoms with Gasteiger partial charge in [0.15, 0.2) is 0 Å². The van der Waals surface area contributed by atoms with Gasteiger partial charge >= 0.3 is 0 Å². The number of hydrogen-bond donors (Lipinski definition) is 1. The highest BCUT2D eigenvalue weighted by molar-refractivity contribution is 5.39. The molecule has 2 rings (SSSR count). The lowest BCUT2D eigenvalue weighted by Crippen LogP contribution is -2.34. The van der Waals surface area contributed by atoms with E-state index in [1.165, 1.54) is 24.9 Å². The largest absolute Gasteiger partial charge is 0.379 e. The topological polar surface area (TPSA) is 29.9 Å². The predicted octanol–water partition coefficient (Wildman–Crippen LogP) is 3.14. The first kappa shape index (κ1) is 11.5. The van der Waals surface area contributed by atoms with Crippen LogP contribution >= 0.6 is 0 Å². The number of aromatic nitrogens is 2. The summed E-state index contributed by atoms with van der Waals surface area (Å²) in [5, 5.41) is 7.93. The number of hydrogen-bond acceptors (Lipinski definition) is 2. The Morgan fingerprint density at radius 1 is 1.44 bits per heavy atom. The Balaban J connectivity index is 1.97. The lowest BCUT2D eigenvalue weighted by atomic mass is 9.78. The van der Waals surface area contributed by atoms with E-state index >= 15 is 0 Å². The Morgan fingerprint density at radius 3 is 2.94 bits per heavy atom. The highest BCUT2D eigenvalue weighted by atomic mass is 15.3. The summed E-state index contributed by atoms with van der Waals surface area (Å²) in [4.78, 5) is 0. The van der Waals surface area contributed by atoms with Gasteiger partial charge in [-0.2, -0.15) is 5.10 Å². The van der Waals surface area contributed by atoms with Crippen molar-refractivity contribution in [3.05, 3.63) is 12.4 Å². The van der Waals surface area contributed by atoms with Crippen LogP contribution in [0.5, 0.6) is 0 Å². The molecular formula is C13H23N3. The SMILES string of the molecule is CCn1cc(NC2CCCC(C)C2C)cn1. The van der Waals surface area contributed by atoms with Crippen LogP contribution in [-0.2, 0) is 6.54 Å². The van der Waals surface area contributed by atoms with Crippen LogP contribution in [0.2, 0.25) is 0 Å². The molecule has 0 aliphatic heterocycles. The maximum Gasteiger partial charge on any atom is 0.0728 e. The van der Waals surface area contributed by atoms with Gasteiger partial charge in [0.25, 0.3) is 0 Å². The van der Waals surface area contributed by atoms with Crippen molar-refractivity contribution in [1.82, 2.24) is 9.78 Å². The Kier molecular flexibility index (Phi) is 3.52. The fourth-order valence-corrected chi connectivity index (χ4v) is 2.61. The number of anilines is 1. The third kappa shape index (κ3) is 2.39. The zero-order valence-corrected chi connectivity index (χ0v) is 10.6. The molecule has 90 valence electrons. The third-order valence-corrected chi connectivity index (χ3v) is 4.02. The second-order valence-corrected chi connectivity index (χ2v) is 5.10. The second-order valence-electron chi connectivity index (χ2n) is 5.10. The summed E-state index contributed by atoms with van der Waals surface area (Å²) in [6.45, 7) is 7.79. The summed E-state index contributed by atoms with van der Waals surface area (Å²) >= 11 is 0. The quantitative estimate of drug-likeness (QED) is 0.849. The number of rotatable bonds is 3. The molecule has 1 aromatic heterocycles. The van der Waals surface area contributed by atoms with Crippen LogP contribution in [0, 0.1) is 11.8 Å². The van der Waals surface area contributed by atoms with Gasteiger partial charge in [0, 0.05) is 18.8 Å². The van der Waals surface area contributed by atoms with Gasteiger partial charge < -0.3 is 5.32 Å². The minimum atomic E-state index is 0.623. The van der Waals surface area contributed by atoms with Gasteiger partial charge in [-0.05, 0) is 25.2 Å². The number of nitrogens with zero attached hydrogens (tertiary/aromatic N) is 2. The van der Waals surface area contributed by atoms with Gasteiger partial charge in [0.2, 0.25) is 0 Å². The molecule has 1 fully saturated rings. The molecular weight excluding hydrogens is 198 g/mol. The molecule has 3 nitrogen and oxygen atoms in total. The number of aryl methyl sites for hydroxylation is 1. The first-order valence-corrected chi connectivity index (χ1v) is 6.49. The molecule has 0 aromatic carbocycles. The molecule has 1 aromatic rings. The van der Waals surface area contributed by atoms with Crippen molar-refractivity contribution in [3.63, 3.8) is 0 Å². The second kappa shape index (κ2) is 4.89. The van der Waals surface area contributed by atoms with Crippen molar-refractivity contribution in [3.8, 4) is 0 Å². The molecule has 0 saturated heterocycles. The molecule has 3 heteroatoms. The molecule has 0 amide bonds. The molecule has 1 heterocycles. The van der Waals surface area contributed by atoms with E-state index in [4.69, 9.17) is 0 Å². The molecule has 16 heavy (non-hydrogen) atoms. The maximum atomic E-state index is 4.30. The summed E-state index contributed by atoms with van der Waals surface area (Å²) < 4.78 is 1.97. The van der Waals surface area contributed by atoms with Crippen LogP contribution in [0.25, 0.3) is 0 Å². The van der Waals surface area contributed by atoms with Crippen molar-refractivity contribution in [2.45, 2.75) is 52.6 Å². The summed E-state index contributed by atoms with van der Waals surface area (Å²) in [7, 11) is 0. The summed E-state index contributed by atoms with van der Waals surface area (Å²) in [5.74, 6) is 1.60. The standard InChI is InChI=1S/C13H23N3/c1-4-16-9-12(8-14-16)15-13-7-5-6-10(2)11(13)3/h8-11,13,15H,4-7H2,1-3H3. The fraction of sp³-hybridized carbons (Fsp3) is 0.769. The van der Waals surface area contributed by atoms with Crippen molar-refractivity contribution < 1.29 is 0 Å². The lowest BCUT2D eigenvalue weighted by molar-refractivity contribution is 0.253. The Bertz CT molecular complexity index is 332. The van der Waals surface area contributed by atoms with Crippen LogP contribution in [0.3, 0.4) is 0 Å². The van der Waals surface area contributed by atoms with Gasteiger partial charge in [0.1, 0.15) is 0 Å². The summed E-state index contributed by atoms with van der Waals surface area (Å²) in [6.07, 6.45) is 8.07. The number of nitrogens with one attached hydrogen (secondary N) is 1. The monoisotopic (exact) mass is 221 g/mol. The predicted molar refractivity (Wildman–Crippen MR) is 67.5 cm³/mol. The average molecular weight is 221 g/mol. The Labute approximate surface area is 98.2 Å². The molecule has 0 radical (unpaired) electrons. The van der Waals surface area contributed by atoms with Crippen LogP contribution in [0.4, 0.5) is 5.69 Å². The van der Waals surface area contributed by atoms with E-state index in [-0.39, 0.29) is 0 Å². The van der Waals surface area contributed by atoms with E-state index in [0.717, 1.165) is 18.4 Å². The molecule has 1 aliphatic rings. The first-order chi connectivity index (χ1) is 7.70. The van der Waals surface area contributed by atoms with E-state index < -0.39 is 0 Å². The van der Waals surface area contributed by atoms with Crippen LogP contribution in [-0.4, -0.2) is 15.8 Å². The Hall–Kier alpha value is -0.990. The van der Waals surface area contributed by atoms with E-state index in [2.05, 4.69) is 37.4 Å². The van der Waals surface area contributed by atoms with Crippen molar-refractivity contribution >= 4 is 5.69 Å². The zero-order valence-electron chi connectivity index (χ0n) is 10.6. The molecule has 0 bridgehead atoms. The van der Waals surface area contributed by atoms with Gasteiger partial charge in [-0.3, -0.25) is 4.68 Å². The minimum absolute atomic E-state index is 0.623. The highest BCUT2D eigenvalue weighted by Crippen LogP contribution is 2.31. The van der Waals surface area contributed by atoms with Crippen molar-refractivity contribution in [1.29, 1.82) is 0 Å². The fourth-order valence-electron chi connectivity index (χ4n) is 2.61. The highest BCUT2D eigenvalue weighted by Gasteiger charge is 2.26. The maximum absolute atomic E-state index is 4.30. The minimum Gasteiger partial charge on any atom is -0.379 e. The Morgan fingerprint density at radius 2 is 2.25 bits per heavy atom. The molecule has 3 unspecified atom stereocenters. The van der Waals surface area contributed by atoms with E-state index in [9.17, 15) is 0 Å². The first-order valence-electron chi connectivity index (χ1n) is 6.49. The molecule has 1 aliphatic carbocycles. The smallest absolute Gasteiger partial charge is 0.0728 e. The molecule has 0 spiro atoms.